The molecule has 7 atom stereocenters. The van der Waals surface area contributed by atoms with Gasteiger partial charge in [-0.05, 0) is 42.5 Å². The fourth-order valence-corrected chi connectivity index (χ4v) is 4.12. The quantitative estimate of drug-likeness (QED) is 0.451. The van der Waals surface area contributed by atoms with E-state index in [1.54, 1.807) is 6.92 Å². The summed E-state index contributed by atoms with van der Waals surface area (Å²) < 4.78 is 10.9. The Labute approximate surface area is 163 Å². The van der Waals surface area contributed by atoms with E-state index in [0.717, 1.165) is 16.7 Å². The molecule has 0 bridgehead atoms. The summed E-state index contributed by atoms with van der Waals surface area (Å²) in [5, 5.41) is 49.2. The average Bonchev–Trinajstić information content (AvgIpc) is 2.88. The van der Waals surface area contributed by atoms with Crippen LogP contribution in [0.1, 0.15) is 45.6 Å². The van der Waals surface area contributed by atoms with Crippen molar-refractivity contribution in [3.05, 3.63) is 33.9 Å². The largest absolute Gasteiger partial charge is 0.394 e. The molecule has 28 heavy (non-hydrogen) atoms. The maximum atomic E-state index is 12.5. The minimum Gasteiger partial charge on any atom is -0.394 e. The second kappa shape index (κ2) is 8.16. The highest BCUT2D eigenvalue weighted by atomic mass is 16.7. The predicted molar refractivity (Wildman–Crippen MR) is 97.8 cm³/mol. The van der Waals surface area contributed by atoms with Crippen LogP contribution in [-0.4, -0.2) is 75.2 Å². The van der Waals surface area contributed by atoms with E-state index in [4.69, 9.17) is 9.47 Å². The first-order valence-corrected chi connectivity index (χ1v) is 9.46. The normalized spacial score (nSPS) is 35.3. The molecule has 1 aromatic rings. The number of aryl methyl sites for hydroxylation is 1. The topological polar surface area (TPSA) is 137 Å². The number of hydrogen-bond acceptors (Lipinski definition) is 8. The number of carbonyl (C=O) groups excluding carboxylic acids is 1. The lowest BCUT2D eigenvalue weighted by molar-refractivity contribution is -0.300. The van der Waals surface area contributed by atoms with Crippen LogP contribution in [0.4, 0.5) is 0 Å². The number of ketones is 1. The van der Waals surface area contributed by atoms with Gasteiger partial charge < -0.3 is 35.0 Å². The Balaban J connectivity index is 1.72. The summed E-state index contributed by atoms with van der Waals surface area (Å²) in [6, 6.07) is 1.83. The molecular formula is C20H28O8. The fraction of sp³-hybridized carbons (Fsp3) is 0.650. The van der Waals surface area contributed by atoms with Gasteiger partial charge in [-0.2, -0.15) is 0 Å². The zero-order valence-corrected chi connectivity index (χ0v) is 16.2. The summed E-state index contributed by atoms with van der Waals surface area (Å²) in [6.45, 7) is 5.07. The van der Waals surface area contributed by atoms with Gasteiger partial charge in [-0.3, -0.25) is 4.79 Å². The second-order valence-corrected chi connectivity index (χ2v) is 7.68. The lowest BCUT2D eigenvalue weighted by Gasteiger charge is -2.39. The molecule has 0 saturated carbocycles. The lowest BCUT2D eigenvalue weighted by atomic mass is 9.92. The molecule has 1 aliphatic heterocycles. The number of rotatable bonds is 5. The number of hydrogen-bond donors (Lipinski definition) is 5. The number of Topliss-reactive ketones (excluding diaryl/α,β-unsaturated/α-hetero) is 1. The van der Waals surface area contributed by atoms with Gasteiger partial charge in [0.05, 0.1) is 19.3 Å². The molecule has 8 nitrogen and oxygen atoms in total. The monoisotopic (exact) mass is 396 g/mol. The summed E-state index contributed by atoms with van der Waals surface area (Å²) in [4.78, 5) is 12.5. The Morgan fingerprint density at radius 2 is 1.79 bits per heavy atom. The molecule has 0 radical (unpaired) electrons. The molecule has 2 aliphatic rings. The summed E-state index contributed by atoms with van der Waals surface area (Å²) >= 11 is 0. The number of carbonyl (C=O) groups is 1. The lowest BCUT2D eigenvalue weighted by Crippen LogP contribution is -2.59. The summed E-state index contributed by atoms with van der Waals surface area (Å²) in [5.74, 6) is -0.537. The number of aliphatic hydroxyl groups excluding tert-OH is 5. The Morgan fingerprint density at radius 1 is 1.11 bits per heavy atom. The highest BCUT2D eigenvalue weighted by Crippen LogP contribution is 2.39. The fourth-order valence-electron chi connectivity index (χ4n) is 4.12. The molecule has 1 aliphatic carbocycles. The number of fused-ring (bicyclic) bond motifs is 1. The molecule has 0 aromatic heterocycles. The van der Waals surface area contributed by atoms with Gasteiger partial charge in [-0.25, -0.2) is 0 Å². The van der Waals surface area contributed by atoms with E-state index in [1.807, 2.05) is 19.9 Å². The molecule has 1 saturated heterocycles. The SMILES string of the molecule is Cc1cc2c(c(C)c1CCO[C@@H]1O[C@H](CO)[C@@H](O)[C@H](O)[C@H]1O)C(=O)[C@@H](C)[C@H]2O. The van der Waals surface area contributed by atoms with Gasteiger partial charge in [0.1, 0.15) is 24.4 Å². The third-order valence-corrected chi connectivity index (χ3v) is 5.90. The molecule has 0 unspecified atom stereocenters. The van der Waals surface area contributed by atoms with Crippen LogP contribution in [0.2, 0.25) is 0 Å². The van der Waals surface area contributed by atoms with Gasteiger partial charge in [-0.15, -0.1) is 0 Å². The first kappa shape index (κ1) is 21.3. The van der Waals surface area contributed by atoms with E-state index in [0.29, 0.717) is 17.5 Å². The van der Waals surface area contributed by atoms with Crippen molar-refractivity contribution in [2.75, 3.05) is 13.2 Å². The van der Waals surface area contributed by atoms with E-state index in [2.05, 4.69) is 0 Å². The van der Waals surface area contributed by atoms with Crippen LogP contribution in [0.15, 0.2) is 6.07 Å². The smallest absolute Gasteiger partial charge is 0.186 e. The highest BCUT2D eigenvalue weighted by molar-refractivity contribution is 6.04. The maximum absolute atomic E-state index is 12.5. The molecule has 0 amide bonds. The van der Waals surface area contributed by atoms with Crippen LogP contribution in [0.5, 0.6) is 0 Å². The van der Waals surface area contributed by atoms with Gasteiger partial charge in [0.15, 0.2) is 12.1 Å². The van der Waals surface area contributed by atoms with Crippen LogP contribution in [0.3, 0.4) is 0 Å². The van der Waals surface area contributed by atoms with E-state index in [-0.39, 0.29) is 12.4 Å². The zero-order chi connectivity index (χ0) is 20.7. The van der Waals surface area contributed by atoms with E-state index in [1.165, 1.54) is 0 Å². The van der Waals surface area contributed by atoms with Crippen LogP contribution >= 0.6 is 0 Å². The maximum Gasteiger partial charge on any atom is 0.186 e. The van der Waals surface area contributed by atoms with Crippen molar-refractivity contribution >= 4 is 5.78 Å². The van der Waals surface area contributed by atoms with Gasteiger partial charge in [0, 0.05) is 11.5 Å². The van der Waals surface area contributed by atoms with E-state index in [9.17, 15) is 30.3 Å². The van der Waals surface area contributed by atoms with Gasteiger partial charge in [0.25, 0.3) is 0 Å². The Morgan fingerprint density at radius 3 is 2.43 bits per heavy atom. The molecule has 156 valence electrons. The molecule has 3 rings (SSSR count). The first-order chi connectivity index (χ1) is 13.2. The zero-order valence-electron chi connectivity index (χ0n) is 16.2. The second-order valence-electron chi connectivity index (χ2n) is 7.68. The van der Waals surface area contributed by atoms with Gasteiger partial charge >= 0.3 is 0 Å². The van der Waals surface area contributed by atoms with E-state index >= 15 is 0 Å². The van der Waals surface area contributed by atoms with Crippen LogP contribution in [0, 0.1) is 19.8 Å². The van der Waals surface area contributed by atoms with Crippen molar-refractivity contribution in [3.8, 4) is 0 Å². The molecule has 0 spiro atoms. The summed E-state index contributed by atoms with van der Waals surface area (Å²) in [5.41, 5.74) is 3.87. The minimum absolute atomic E-state index is 0.0731. The van der Waals surface area contributed by atoms with Crippen molar-refractivity contribution in [2.24, 2.45) is 5.92 Å². The van der Waals surface area contributed by atoms with Crippen LogP contribution < -0.4 is 0 Å². The molecule has 1 fully saturated rings. The van der Waals surface area contributed by atoms with Gasteiger partial charge in [0.2, 0.25) is 0 Å². The number of benzene rings is 1. The number of aliphatic hydroxyl groups is 5. The molecule has 8 heteroatoms. The standard InChI is InChI=1S/C20H28O8/c1-8-6-12-14(16(23)10(3)15(12)22)9(2)11(8)4-5-27-20-19(26)18(25)17(24)13(7-21)28-20/h6,10,13,15,17-22,24-26H,4-5,7H2,1-3H3/t10-,13+,15+,17+,18-,19+,20+/m0/s1. The highest BCUT2D eigenvalue weighted by Gasteiger charge is 2.44. The van der Waals surface area contributed by atoms with Crippen molar-refractivity contribution in [3.63, 3.8) is 0 Å². The van der Waals surface area contributed by atoms with E-state index < -0.39 is 49.3 Å². The molecular weight excluding hydrogens is 368 g/mol. The molecule has 1 heterocycles. The predicted octanol–water partition coefficient (Wildman–Crippen LogP) is -0.472. The molecule has 5 N–H and O–H groups in total. The van der Waals surface area contributed by atoms with Crippen molar-refractivity contribution in [1.29, 1.82) is 0 Å². The van der Waals surface area contributed by atoms with Crippen molar-refractivity contribution < 1.29 is 39.8 Å². The summed E-state index contributed by atoms with van der Waals surface area (Å²) in [6.07, 6.45) is -6.93. The third kappa shape index (κ3) is 3.50. The molecule has 1 aromatic carbocycles. The van der Waals surface area contributed by atoms with Gasteiger partial charge in [-0.1, -0.05) is 13.0 Å². The Bertz CT molecular complexity index is 746. The Kier molecular flexibility index (Phi) is 6.21. The van der Waals surface area contributed by atoms with Crippen molar-refractivity contribution in [1.82, 2.24) is 0 Å². The first-order valence-electron chi connectivity index (χ1n) is 9.46. The minimum atomic E-state index is -1.49. The third-order valence-electron chi connectivity index (χ3n) is 5.90. The average molecular weight is 396 g/mol. The summed E-state index contributed by atoms with van der Waals surface area (Å²) in [7, 11) is 0. The van der Waals surface area contributed by atoms with Crippen molar-refractivity contribution in [2.45, 2.75) is 64.0 Å². The van der Waals surface area contributed by atoms with Crippen LogP contribution in [0.25, 0.3) is 0 Å². The number of ether oxygens (including phenoxy) is 2. The van der Waals surface area contributed by atoms with Crippen LogP contribution in [-0.2, 0) is 15.9 Å². The Hall–Kier alpha value is -1.39.